The van der Waals surface area contributed by atoms with E-state index >= 15 is 0 Å². The molecule has 2 amide bonds. The Labute approximate surface area is 139 Å². The summed E-state index contributed by atoms with van der Waals surface area (Å²) in [5.74, 6) is 0. The van der Waals surface area contributed by atoms with Gasteiger partial charge >= 0.3 is 6.03 Å². The Hall–Kier alpha value is -2.05. The van der Waals surface area contributed by atoms with Crippen LogP contribution in [0.15, 0.2) is 36.7 Å². The van der Waals surface area contributed by atoms with Crippen molar-refractivity contribution in [3.63, 3.8) is 0 Å². The van der Waals surface area contributed by atoms with E-state index in [1.54, 1.807) is 24.1 Å². The summed E-state index contributed by atoms with van der Waals surface area (Å²) in [4.78, 5) is 12.4. The maximum absolute atomic E-state index is 12.4. The van der Waals surface area contributed by atoms with Crippen molar-refractivity contribution < 1.29 is 9.53 Å². The van der Waals surface area contributed by atoms with Crippen LogP contribution in [0.25, 0.3) is 0 Å². The van der Waals surface area contributed by atoms with Crippen LogP contribution in [0.2, 0.25) is 5.02 Å². The molecular weight excluding hydrogens is 316 g/mol. The second-order valence-corrected chi connectivity index (χ2v) is 6.12. The molecule has 0 atom stereocenters. The third kappa shape index (κ3) is 3.65. The van der Waals surface area contributed by atoms with Crippen molar-refractivity contribution in [1.29, 1.82) is 0 Å². The molecule has 0 bridgehead atoms. The van der Waals surface area contributed by atoms with E-state index in [0.717, 1.165) is 18.4 Å². The van der Waals surface area contributed by atoms with E-state index in [1.165, 1.54) is 0 Å². The van der Waals surface area contributed by atoms with Gasteiger partial charge in [-0.25, -0.2) is 4.79 Å². The molecule has 1 aliphatic rings. The summed E-state index contributed by atoms with van der Waals surface area (Å²) in [7, 11) is 1.80. The molecule has 0 radical (unpaired) electrons. The van der Waals surface area contributed by atoms with Gasteiger partial charge in [0.15, 0.2) is 0 Å². The van der Waals surface area contributed by atoms with Gasteiger partial charge in [-0.3, -0.25) is 4.68 Å². The number of benzene rings is 1. The van der Waals surface area contributed by atoms with Gasteiger partial charge in [0.25, 0.3) is 0 Å². The number of carbonyl (C=O) groups excluding carboxylic acids is 1. The number of halogens is 1. The van der Waals surface area contributed by atoms with E-state index in [9.17, 15) is 4.79 Å². The first-order valence-electron chi connectivity index (χ1n) is 7.49. The highest BCUT2D eigenvalue weighted by Crippen LogP contribution is 2.33. The summed E-state index contributed by atoms with van der Waals surface area (Å²) in [5, 5.41) is 10.6. The number of nitrogens with one attached hydrogen (secondary N) is 2. The first-order chi connectivity index (χ1) is 11.1. The molecule has 0 aliphatic carbocycles. The van der Waals surface area contributed by atoms with Gasteiger partial charge in [-0.1, -0.05) is 23.7 Å². The van der Waals surface area contributed by atoms with Gasteiger partial charge in [-0.05, 0) is 30.5 Å². The minimum absolute atomic E-state index is 0.255. The number of hydrogen-bond acceptors (Lipinski definition) is 3. The number of urea groups is 1. The number of amides is 2. The zero-order valence-corrected chi connectivity index (χ0v) is 13.6. The minimum Gasteiger partial charge on any atom is -0.381 e. The fourth-order valence-corrected chi connectivity index (χ4v) is 2.97. The predicted octanol–water partition coefficient (Wildman–Crippen LogP) is 2.90. The topological polar surface area (TPSA) is 68.2 Å². The smallest absolute Gasteiger partial charge is 0.320 e. The highest BCUT2D eigenvalue weighted by molar-refractivity contribution is 6.30. The van der Waals surface area contributed by atoms with Gasteiger partial charge in [0.1, 0.15) is 0 Å². The Morgan fingerprint density at radius 2 is 2.00 bits per heavy atom. The SMILES string of the molecule is Cn1cc(NC(=O)NC2(c3ccc(Cl)cc3)CCOCC2)cn1. The molecule has 2 aromatic rings. The van der Waals surface area contributed by atoms with E-state index in [4.69, 9.17) is 16.3 Å². The third-order valence-electron chi connectivity index (χ3n) is 4.06. The number of carbonyl (C=O) groups is 1. The minimum atomic E-state index is -0.449. The average molecular weight is 335 g/mol. The molecule has 122 valence electrons. The van der Waals surface area contributed by atoms with Gasteiger partial charge < -0.3 is 15.4 Å². The summed E-state index contributed by atoms with van der Waals surface area (Å²) < 4.78 is 7.10. The van der Waals surface area contributed by atoms with Crippen molar-refractivity contribution in [2.75, 3.05) is 18.5 Å². The largest absolute Gasteiger partial charge is 0.381 e. The lowest BCUT2D eigenvalue weighted by Gasteiger charge is -2.38. The molecule has 2 heterocycles. The summed E-state index contributed by atoms with van der Waals surface area (Å²) in [6, 6.07) is 7.34. The quantitative estimate of drug-likeness (QED) is 0.906. The number of hydrogen-bond donors (Lipinski definition) is 2. The lowest BCUT2D eigenvalue weighted by atomic mass is 9.83. The van der Waals surface area contributed by atoms with Crippen molar-refractivity contribution in [1.82, 2.24) is 15.1 Å². The van der Waals surface area contributed by atoms with Crippen molar-refractivity contribution in [3.05, 3.63) is 47.2 Å². The van der Waals surface area contributed by atoms with Crippen LogP contribution in [0, 0.1) is 0 Å². The lowest BCUT2D eigenvalue weighted by molar-refractivity contribution is 0.0418. The average Bonchev–Trinajstić information content (AvgIpc) is 2.93. The van der Waals surface area contributed by atoms with Crippen LogP contribution in [0.5, 0.6) is 0 Å². The molecule has 3 rings (SSSR count). The maximum Gasteiger partial charge on any atom is 0.320 e. The molecule has 1 aliphatic heterocycles. The van der Waals surface area contributed by atoms with E-state index in [2.05, 4.69) is 15.7 Å². The molecule has 1 saturated heterocycles. The molecule has 2 N–H and O–H groups in total. The van der Waals surface area contributed by atoms with E-state index in [-0.39, 0.29) is 6.03 Å². The first kappa shape index (κ1) is 15.8. The highest BCUT2D eigenvalue weighted by atomic mass is 35.5. The standard InChI is InChI=1S/C16H19ClN4O2/c1-21-11-14(10-18-21)19-15(22)20-16(6-8-23-9-7-16)12-2-4-13(17)5-3-12/h2-5,10-11H,6-9H2,1H3,(H2,19,20,22). The van der Waals surface area contributed by atoms with Gasteiger partial charge in [-0.15, -0.1) is 0 Å². The van der Waals surface area contributed by atoms with Gasteiger partial charge in [0.05, 0.1) is 17.4 Å². The van der Waals surface area contributed by atoms with Crippen LogP contribution < -0.4 is 10.6 Å². The number of nitrogens with zero attached hydrogens (tertiary/aromatic N) is 2. The first-order valence-corrected chi connectivity index (χ1v) is 7.87. The Morgan fingerprint density at radius 1 is 1.30 bits per heavy atom. The van der Waals surface area contributed by atoms with Crippen LogP contribution in [-0.2, 0) is 17.3 Å². The highest BCUT2D eigenvalue weighted by Gasteiger charge is 2.36. The number of anilines is 1. The zero-order chi connectivity index (χ0) is 16.3. The summed E-state index contributed by atoms with van der Waals surface area (Å²) in [5.41, 5.74) is 1.24. The Balaban J connectivity index is 1.78. The monoisotopic (exact) mass is 334 g/mol. The lowest BCUT2D eigenvalue weighted by Crippen LogP contribution is -2.50. The van der Waals surface area contributed by atoms with Crippen LogP contribution in [0.3, 0.4) is 0 Å². The third-order valence-corrected chi connectivity index (χ3v) is 4.31. The number of rotatable bonds is 3. The normalized spacial score (nSPS) is 16.8. The summed E-state index contributed by atoms with van der Waals surface area (Å²) in [6.07, 6.45) is 4.79. The molecular formula is C16H19ClN4O2. The predicted molar refractivity (Wildman–Crippen MR) is 88.5 cm³/mol. The number of aromatic nitrogens is 2. The molecule has 23 heavy (non-hydrogen) atoms. The molecule has 0 spiro atoms. The van der Waals surface area contributed by atoms with Gasteiger partial charge in [0, 0.05) is 31.5 Å². The molecule has 6 nitrogen and oxygen atoms in total. The van der Waals surface area contributed by atoms with E-state index in [1.807, 2.05) is 24.3 Å². The Bertz CT molecular complexity index is 678. The van der Waals surface area contributed by atoms with Crippen LogP contribution >= 0.6 is 11.6 Å². The van der Waals surface area contributed by atoms with Crippen LogP contribution in [-0.4, -0.2) is 29.0 Å². The van der Waals surface area contributed by atoms with Gasteiger partial charge in [-0.2, -0.15) is 5.10 Å². The molecule has 1 aromatic heterocycles. The fourth-order valence-electron chi connectivity index (χ4n) is 2.84. The zero-order valence-electron chi connectivity index (χ0n) is 12.9. The number of ether oxygens (including phenoxy) is 1. The number of aryl methyl sites for hydroxylation is 1. The molecule has 0 unspecified atom stereocenters. The van der Waals surface area contributed by atoms with Crippen LogP contribution in [0.4, 0.5) is 10.5 Å². The molecule has 0 saturated carbocycles. The van der Waals surface area contributed by atoms with E-state index in [0.29, 0.717) is 23.9 Å². The van der Waals surface area contributed by atoms with Crippen molar-refractivity contribution in [3.8, 4) is 0 Å². The van der Waals surface area contributed by atoms with Gasteiger partial charge in [0.2, 0.25) is 0 Å². The van der Waals surface area contributed by atoms with Crippen molar-refractivity contribution in [2.24, 2.45) is 7.05 Å². The fraction of sp³-hybridized carbons (Fsp3) is 0.375. The molecule has 7 heteroatoms. The Morgan fingerprint density at radius 3 is 2.61 bits per heavy atom. The van der Waals surface area contributed by atoms with Crippen molar-refractivity contribution >= 4 is 23.3 Å². The second-order valence-electron chi connectivity index (χ2n) is 5.68. The Kier molecular flexibility index (Phi) is 4.54. The summed E-state index contributed by atoms with van der Waals surface area (Å²) >= 11 is 5.98. The van der Waals surface area contributed by atoms with E-state index < -0.39 is 5.54 Å². The van der Waals surface area contributed by atoms with Crippen molar-refractivity contribution in [2.45, 2.75) is 18.4 Å². The second kappa shape index (κ2) is 6.60. The van der Waals surface area contributed by atoms with Crippen LogP contribution in [0.1, 0.15) is 18.4 Å². The summed E-state index contributed by atoms with van der Waals surface area (Å²) in [6.45, 7) is 1.21. The maximum atomic E-state index is 12.4. The molecule has 1 aromatic carbocycles. The molecule has 1 fully saturated rings.